The molecule has 0 radical (unpaired) electrons. The van der Waals surface area contributed by atoms with Crippen LogP contribution >= 0.6 is 0 Å². The largest absolute Gasteiger partial charge is 0.497 e. The standard InChI is InChI=1S/C20H17N5O4/c1-28-13-7-3-11(4-8-13)17-22-15-16(19(27)24-20(21)23-18(15)26)25(17)12-5-9-14(29-2)10-6-12/h3-10H,1-2H3,(H3,21,23,24,26,27). The summed E-state index contributed by atoms with van der Waals surface area (Å²) in [6, 6.07) is 14.2. The summed E-state index contributed by atoms with van der Waals surface area (Å²) in [6.07, 6.45) is 0. The summed E-state index contributed by atoms with van der Waals surface area (Å²) < 4.78 is 12.0. The molecule has 0 atom stereocenters. The number of fused-ring (bicyclic) bond motifs is 1. The van der Waals surface area contributed by atoms with Gasteiger partial charge in [0.1, 0.15) is 22.8 Å². The third kappa shape index (κ3) is 3.18. The molecule has 4 aromatic rings. The lowest BCUT2D eigenvalue weighted by Crippen LogP contribution is -2.10. The average molecular weight is 391 g/mol. The maximum absolute atomic E-state index is 12.8. The number of aromatic amines is 1. The number of nitrogen functional groups attached to an aromatic ring is 1. The SMILES string of the molecule is COc1ccc(-c2nc3c(=O)nc(N)[nH]c(=O)c3n2-c2ccc(OC)cc2)cc1. The summed E-state index contributed by atoms with van der Waals surface area (Å²) in [5.74, 6) is 1.45. The minimum Gasteiger partial charge on any atom is -0.497 e. The van der Waals surface area contributed by atoms with E-state index in [0.717, 1.165) is 0 Å². The van der Waals surface area contributed by atoms with Crippen molar-refractivity contribution in [3.63, 3.8) is 0 Å². The second-order valence-corrected chi connectivity index (χ2v) is 6.15. The predicted octanol–water partition coefficient (Wildman–Crippen LogP) is 1.74. The summed E-state index contributed by atoms with van der Waals surface area (Å²) in [6.45, 7) is 0. The Morgan fingerprint density at radius 2 is 1.48 bits per heavy atom. The molecule has 9 nitrogen and oxygen atoms in total. The molecule has 0 spiro atoms. The Morgan fingerprint density at radius 3 is 2.07 bits per heavy atom. The molecule has 0 aliphatic heterocycles. The van der Waals surface area contributed by atoms with Crippen molar-refractivity contribution in [2.24, 2.45) is 0 Å². The second-order valence-electron chi connectivity index (χ2n) is 6.15. The molecule has 0 fully saturated rings. The first-order valence-electron chi connectivity index (χ1n) is 8.63. The van der Waals surface area contributed by atoms with E-state index in [1.807, 2.05) is 0 Å². The van der Waals surface area contributed by atoms with E-state index in [1.165, 1.54) is 0 Å². The maximum atomic E-state index is 12.8. The molecule has 4 rings (SSSR count). The molecule has 2 aromatic heterocycles. The fourth-order valence-corrected chi connectivity index (χ4v) is 3.06. The van der Waals surface area contributed by atoms with Gasteiger partial charge >= 0.3 is 5.56 Å². The minimum absolute atomic E-state index is 0.0511. The van der Waals surface area contributed by atoms with Crippen LogP contribution in [0.4, 0.5) is 5.95 Å². The number of hydrogen-bond donors (Lipinski definition) is 2. The molecule has 3 N–H and O–H groups in total. The molecule has 0 saturated heterocycles. The van der Waals surface area contributed by atoms with Gasteiger partial charge in [0.05, 0.1) is 14.2 Å². The first-order chi connectivity index (χ1) is 14.0. The number of benzene rings is 2. The van der Waals surface area contributed by atoms with E-state index in [2.05, 4.69) is 15.0 Å². The van der Waals surface area contributed by atoms with Gasteiger partial charge in [-0.1, -0.05) is 0 Å². The van der Waals surface area contributed by atoms with E-state index in [4.69, 9.17) is 15.2 Å². The lowest BCUT2D eigenvalue weighted by Gasteiger charge is -2.10. The molecular formula is C20H17N5O4. The van der Waals surface area contributed by atoms with Gasteiger partial charge in [0.15, 0.2) is 5.52 Å². The Hall–Kier alpha value is -4.14. The first kappa shape index (κ1) is 18.2. The van der Waals surface area contributed by atoms with Crippen molar-refractivity contribution in [3.05, 3.63) is 69.2 Å². The number of methoxy groups -OCH3 is 2. The van der Waals surface area contributed by atoms with Crippen LogP contribution in [0.3, 0.4) is 0 Å². The molecule has 2 aromatic carbocycles. The van der Waals surface area contributed by atoms with Gasteiger partial charge in [0, 0.05) is 11.3 Å². The van der Waals surface area contributed by atoms with Crippen molar-refractivity contribution >= 4 is 17.0 Å². The Bertz CT molecular complexity index is 1310. The molecule has 0 amide bonds. The van der Waals surface area contributed by atoms with Crippen LogP contribution in [0.2, 0.25) is 0 Å². The number of ether oxygens (including phenoxy) is 2. The molecule has 2 heterocycles. The summed E-state index contributed by atoms with van der Waals surface area (Å²) in [7, 11) is 3.13. The third-order valence-corrected chi connectivity index (χ3v) is 4.44. The van der Waals surface area contributed by atoms with Crippen molar-refractivity contribution in [2.45, 2.75) is 0 Å². The number of nitrogens with zero attached hydrogens (tertiary/aromatic N) is 3. The highest BCUT2D eigenvalue weighted by Gasteiger charge is 2.19. The van der Waals surface area contributed by atoms with E-state index in [9.17, 15) is 9.59 Å². The number of hydrogen-bond acceptors (Lipinski definition) is 7. The molecule has 0 aliphatic carbocycles. The summed E-state index contributed by atoms with van der Waals surface area (Å²) in [5, 5.41) is 0. The number of aromatic nitrogens is 4. The number of rotatable bonds is 4. The Morgan fingerprint density at radius 1 is 0.897 bits per heavy atom. The minimum atomic E-state index is -0.696. The molecule has 0 unspecified atom stereocenters. The molecular weight excluding hydrogens is 374 g/mol. The monoisotopic (exact) mass is 391 g/mol. The van der Waals surface area contributed by atoms with Gasteiger partial charge in [0.25, 0.3) is 5.56 Å². The van der Waals surface area contributed by atoms with Crippen molar-refractivity contribution in [3.8, 4) is 28.6 Å². The van der Waals surface area contributed by atoms with E-state index in [0.29, 0.717) is 28.6 Å². The quantitative estimate of drug-likeness (QED) is 0.543. The molecule has 0 saturated carbocycles. The highest BCUT2D eigenvalue weighted by molar-refractivity contribution is 5.82. The summed E-state index contributed by atoms with van der Waals surface area (Å²) >= 11 is 0. The van der Waals surface area contributed by atoms with Gasteiger partial charge in [-0.15, -0.1) is 0 Å². The highest BCUT2D eigenvalue weighted by Crippen LogP contribution is 2.28. The average Bonchev–Trinajstić information content (AvgIpc) is 3.10. The Kier molecular flexibility index (Phi) is 4.47. The molecule has 29 heavy (non-hydrogen) atoms. The number of imidazole rings is 1. The zero-order valence-corrected chi connectivity index (χ0v) is 15.7. The van der Waals surface area contributed by atoms with Crippen molar-refractivity contribution in [1.29, 1.82) is 0 Å². The second kappa shape index (κ2) is 7.12. The van der Waals surface area contributed by atoms with Gasteiger partial charge in [-0.3, -0.25) is 19.1 Å². The van der Waals surface area contributed by atoms with Gasteiger partial charge in [-0.2, -0.15) is 4.98 Å². The van der Waals surface area contributed by atoms with Gasteiger partial charge < -0.3 is 15.2 Å². The highest BCUT2D eigenvalue weighted by atomic mass is 16.5. The number of anilines is 1. The molecule has 0 aliphatic rings. The smallest absolute Gasteiger partial charge is 0.301 e. The Balaban J connectivity index is 2.10. The fourth-order valence-electron chi connectivity index (χ4n) is 3.06. The van der Waals surface area contributed by atoms with E-state index >= 15 is 0 Å². The summed E-state index contributed by atoms with van der Waals surface area (Å²) in [4.78, 5) is 35.8. The normalized spacial score (nSPS) is 10.8. The van der Waals surface area contributed by atoms with Gasteiger partial charge in [-0.05, 0) is 48.5 Å². The van der Waals surface area contributed by atoms with E-state index in [-0.39, 0.29) is 17.0 Å². The van der Waals surface area contributed by atoms with E-state index < -0.39 is 11.1 Å². The van der Waals surface area contributed by atoms with Crippen molar-refractivity contribution < 1.29 is 9.47 Å². The van der Waals surface area contributed by atoms with Crippen LogP contribution in [0, 0.1) is 0 Å². The van der Waals surface area contributed by atoms with Crippen molar-refractivity contribution in [2.75, 3.05) is 20.0 Å². The van der Waals surface area contributed by atoms with Gasteiger partial charge in [0.2, 0.25) is 5.95 Å². The van der Waals surface area contributed by atoms with Crippen LogP contribution < -0.4 is 26.3 Å². The maximum Gasteiger partial charge on any atom is 0.301 e. The van der Waals surface area contributed by atoms with Crippen LogP contribution in [0.5, 0.6) is 11.5 Å². The van der Waals surface area contributed by atoms with Crippen LogP contribution in [0.15, 0.2) is 58.1 Å². The number of nitrogens with one attached hydrogen (secondary N) is 1. The van der Waals surface area contributed by atoms with Crippen LogP contribution in [-0.2, 0) is 0 Å². The molecule has 0 bridgehead atoms. The van der Waals surface area contributed by atoms with Crippen LogP contribution in [0.1, 0.15) is 0 Å². The zero-order chi connectivity index (χ0) is 20.5. The van der Waals surface area contributed by atoms with Crippen LogP contribution in [0.25, 0.3) is 28.1 Å². The topological polar surface area (TPSA) is 125 Å². The lowest BCUT2D eigenvalue weighted by atomic mass is 10.2. The third-order valence-electron chi connectivity index (χ3n) is 4.44. The lowest BCUT2D eigenvalue weighted by molar-refractivity contribution is 0.414. The predicted molar refractivity (Wildman–Crippen MR) is 109 cm³/mol. The van der Waals surface area contributed by atoms with Crippen molar-refractivity contribution in [1.82, 2.24) is 19.5 Å². The number of nitrogens with two attached hydrogens (primary N) is 1. The van der Waals surface area contributed by atoms with Gasteiger partial charge in [-0.25, -0.2) is 4.98 Å². The molecule has 9 heteroatoms. The first-order valence-corrected chi connectivity index (χ1v) is 8.63. The zero-order valence-electron chi connectivity index (χ0n) is 15.7. The summed E-state index contributed by atoms with van der Waals surface area (Å²) in [5.41, 5.74) is 5.60. The van der Waals surface area contributed by atoms with Crippen LogP contribution in [-0.4, -0.2) is 33.7 Å². The Labute approximate surface area is 164 Å². The number of H-pyrrole nitrogens is 1. The van der Waals surface area contributed by atoms with E-state index in [1.54, 1.807) is 67.3 Å². The molecule has 146 valence electrons. The fraction of sp³-hybridized carbons (Fsp3) is 0.100.